The summed E-state index contributed by atoms with van der Waals surface area (Å²) < 4.78 is 7.55. The third-order valence-electron chi connectivity index (χ3n) is 4.87. The van der Waals surface area contributed by atoms with Gasteiger partial charge in [-0.05, 0) is 74.4 Å². The monoisotopic (exact) mass is 385 g/mol. The van der Waals surface area contributed by atoms with Crippen LogP contribution in [0.15, 0.2) is 35.4 Å². The SMILES string of the molecule is Cc1cc2n(c1)Sc1ccc(C(=O)NCC[C@H]3CCCCO3)cc1NC2=O. The summed E-state index contributed by atoms with van der Waals surface area (Å²) in [4.78, 5) is 25.8. The van der Waals surface area contributed by atoms with E-state index in [2.05, 4.69) is 10.6 Å². The van der Waals surface area contributed by atoms with Gasteiger partial charge >= 0.3 is 0 Å². The Labute approximate surface area is 162 Å². The molecular weight excluding hydrogens is 362 g/mol. The third kappa shape index (κ3) is 4.04. The quantitative estimate of drug-likeness (QED) is 0.843. The highest BCUT2D eigenvalue weighted by Gasteiger charge is 2.22. The number of nitrogens with zero attached hydrogens (tertiary/aromatic N) is 1. The van der Waals surface area contributed by atoms with E-state index in [1.54, 1.807) is 12.1 Å². The fourth-order valence-electron chi connectivity index (χ4n) is 3.44. The molecule has 0 unspecified atom stereocenters. The van der Waals surface area contributed by atoms with Crippen molar-refractivity contribution in [2.24, 2.45) is 0 Å². The van der Waals surface area contributed by atoms with Crippen molar-refractivity contribution in [3.8, 4) is 0 Å². The molecule has 0 saturated carbocycles. The summed E-state index contributed by atoms with van der Waals surface area (Å²) >= 11 is 1.47. The smallest absolute Gasteiger partial charge is 0.273 e. The topological polar surface area (TPSA) is 72.4 Å². The van der Waals surface area contributed by atoms with Gasteiger partial charge in [0.05, 0.1) is 16.7 Å². The molecule has 1 aromatic heterocycles. The van der Waals surface area contributed by atoms with Crippen molar-refractivity contribution in [3.63, 3.8) is 0 Å². The molecule has 142 valence electrons. The first kappa shape index (κ1) is 18.1. The lowest BCUT2D eigenvalue weighted by atomic mass is 10.1. The van der Waals surface area contributed by atoms with Crippen molar-refractivity contribution in [1.29, 1.82) is 0 Å². The molecule has 2 aliphatic heterocycles. The molecular formula is C20H23N3O3S. The lowest BCUT2D eigenvalue weighted by molar-refractivity contribution is 0.0117. The average molecular weight is 385 g/mol. The van der Waals surface area contributed by atoms with Crippen molar-refractivity contribution < 1.29 is 14.3 Å². The number of ether oxygens (including phenoxy) is 1. The Balaban J connectivity index is 1.42. The van der Waals surface area contributed by atoms with Crippen LogP contribution in [0.4, 0.5) is 5.69 Å². The molecule has 1 saturated heterocycles. The van der Waals surface area contributed by atoms with E-state index in [4.69, 9.17) is 4.74 Å². The van der Waals surface area contributed by atoms with E-state index in [0.717, 1.165) is 36.3 Å². The maximum absolute atomic E-state index is 12.5. The summed E-state index contributed by atoms with van der Waals surface area (Å²) in [7, 11) is 0. The highest BCUT2D eigenvalue weighted by Crippen LogP contribution is 2.34. The molecule has 27 heavy (non-hydrogen) atoms. The van der Waals surface area contributed by atoms with Gasteiger partial charge < -0.3 is 15.4 Å². The molecule has 2 N–H and O–H groups in total. The summed E-state index contributed by atoms with van der Waals surface area (Å²) in [5.41, 5.74) is 2.85. The van der Waals surface area contributed by atoms with Gasteiger partial charge in [-0.3, -0.25) is 13.6 Å². The highest BCUT2D eigenvalue weighted by molar-refractivity contribution is 7.98. The second kappa shape index (κ2) is 7.78. The maximum Gasteiger partial charge on any atom is 0.273 e. The third-order valence-corrected chi connectivity index (χ3v) is 5.92. The molecule has 0 radical (unpaired) electrons. The minimum Gasteiger partial charge on any atom is -0.378 e. The zero-order valence-electron chi connectivity index (χ0n) is 15.3. The minimum absolute atomic E-state index is 0.132. The van der Waals surface area contributed by atoms with Crippen LogP contribution in [0.1, 0.15) is 52.1 Å². The van der Waals surface area contributed by atoms with Gasteiger partial charge in [0, 0.05) is 24.9 Å². The lowest BCUT2D eigenvalue weighted by Crippen LogP contribution is -2.29. The number of hydrogen-bond donors (Lipinski definition) is 2. The standard InChI is InChI=1S/C20H23N3O3S/c1-13-10-17-20(25)22-16-11-14(5-6-18(16)27-23(17)12-13)19(24)21-8-7-15-4-2-3-9-26-15/h5-6,10-12,15H,2-4,7-9H2,1H3,(H,21,24)(H,22,25)/t15-/m1/s1. The number of hydrogen-bond acceptors (Lipinski definition) is 4. The molecule has 2 aromatic rings. The van der Waals surface area contributed by atoms with Crippen LogP contribution in [0.3, 0.4) is 0 Å². The van der Waals surface area contributed by atoms with Crippen molar-refractivity contribution in [3.05, 3.63) is 47.3 Å². The fourth-order valence-corrected chi connectivity index (χ4v) is 4.44. The summed E-state index contributed by atoms with van der Waals surface area (Å²) in [6, 6.07) is 7.27. The first-order valence-corrected chi connectivity index (χ1v) is 10.1. The van der Waals surface area contributed by atoms with Crippen LogP contribution in [0, 0.1) is 6.92 Å². The minimum atomic E-state index is -0.165. The number of benzene rings is 1. The Kier molecular flexibility index (Phi) is 5.22. The van der Waals surface area contributed by atoms with Gasteiger partial charge in [0.15, 0.2) is 0 Å². The van der Waals surface area contributed by atoms with Gasteiger partial charge in [0.2, 0.25) is 0 Å². The predicted molar refractivity (Wildman–Crippen MR) is 105 cm³/mol. The molecule has 0 spiro atoms. The summed E-state index contributed by atoms with van der Waals surface area (Å²) in [5.74, 6) is -0.297. The van der Waals surface area contributed by atoms with Gasteiger partial charge in [-0.2, -0.15) is 0 Å². The van der Waals surface area contributed by atoms with Gasteiger partial charge in [0.1, 0.15) is 5.69 Å². The number of anilines is 1. The summed E-state index contributed by atoms with van der Waals surface area (Å²) in [6.45, 7) is 3.37. The number of amides is 2. The van der Waals surface area contributed by atoms with E-state index in [1.165, 1.54) is 18.4 Å². The molecule has 0 aliphatic carbocycles. The molecule has 3 heterocycles. The summed E-state index contributed by atoms with van der Waals surface area (Å²) in [6.07, 6.45) is 6.41. The number of carbonyl (C=O) groups excluding carboxylic acids is 2. The molecule has 1 aromatic carbocycles. The number of aromatic nitrogens is 1. The Bertz CT molecular complexity index is 871. The number of carbonyl (C=O) groups is 2. The fraction of sp³-hybridized carbons (Fsp3) is 0.400. The largest absolute Gasteiger partial charge is 0.378 e. The van der Waals surface area contributed by atoms with E-state index in [-0.39, 0.29) is 17.9 Å². The van der Waals surface area contributed by atoms with Crippen LogP contribution < -0.4 is 10.6 Å². The molecule has 4 rings (SSSR count). The van der Waals surface area contributed by atoms with Crippen LogP contribution in [-0.2, 0) is 4.74 Å². The first-order valence-electron chi connectivity index (χ1n) is 9.33. The van der Waals surface area contributed by atoms with Crippen molar-refractivity contribution >= 4 is 29.4 Å². The van der Waals surface area contributed by atoms with E-state index in [1.807, 2.05) is 29.2 Å². The van der Waals surface area contributed by atoms with Gasteiger partial charge in [-0.15, -0.1) is 0 Å². The second-order valence-corrected chi connectivity index (χ2v) is 8.03. The molecule has 0 bridgehead atoms. The first-order chi connectivity index (χ1) is 13.1. The molecule has 1 fully saturated rings. The Morgan fingerprint density at radius 3 is 3.07 bits per heavy atom. The predicted octanol–water partition coefficient (Wildman–Crippen LogP) is 3.61. The van der Waals surface area contributed by atoms with Gasteiger partial charge in [0.25, 0.3) is 11.8 Å². The van der Waals surface area contributed by atoms with E-state index < -0.39 is 0 Å². The number of rotatable bonds is 4. The van der Waals surface area contributed by atoms with E-state index in [0.29, 0.717) is 23.5 Å². The molecule has 1 atom stereocenters. The van der Waals surface area contributed by atoms with Crippen LogP contribution in [0.2, 0.25) is 0 Å². The Morgan fingerprint density at radius 1 is 1.37 bits per heavy atom. The van der Waals surface area contributed by atoms with Crippen LogP contribution in [0.25, 0.3) is 0 Å². The number of aryl methyl sites for hydroxylation is 1. The number of nitrogens with one attached hydrogen (secondary N) is 2. The Hall–Kier alpha value is -2.25. The van der Waals surface area contributed by atoms with E-state index >= 15 is 0 Å². The van der Waals surface area contributed by atoms with Crippen molar-refractivity contribution in [1.82, 2.24) is 9.29 Å². The van der Waals surface area contributed by atoms with Crippen LogP contribution >= 0.6 is 11.9 Å². The molecule has 2 amide bonds. The lowest BCUT2D eigenvalue weighted by Gasteiger charge is -2.22. The van der Waals surface area contributed by atoms with Gasteiger partial charge in [-0.25, -0.2) is 0 Å². The zero-order chi connectivity index (χ0) is 18.8. The van der Waals surface area contributed by atoms with Crippen molar-refractivity contribution in [2.75, 3.05) is 18.5 Å². The molecule has 2 aliphatic rings. The normalized spacial score (nSPS) is 18.9. The van der Waals surface area contributed by atoms with Crippen LogP contribution in [-0.4, -0.2) is 35.0 Å². The summed E-state index contributed by atoms with van der Waals surface area (Å²) in [5, 5.41) is 5.87. The highest BCUT2D eigenvalue weighted by atomic mass is 32.2. The average Bonchev–Trinajstić information content (AvgIpc) is 2.98. The maximum atomic E-state index is 12.5. The van der Waals surface area contributed by atoms with Gasteiger partial charge in [-0.1, -0.05) is 0 Å². The molecule has 7 heteroatoms. The van der Waals surface area contributed by atoms with Crippen molar-refractivity contribution in [2.45, 2.75) is 43.6 Å². The Morgan fingerprint density at radius 2 is 2.26 bits per heavy atom. The number of fused-ring (bicyclic) bond motifs is 2. The van der Waals surface area contributed by atoms with Crippen LogP contribution in [0.5, 0.6) is 0 Å². The zero-order valence-corrected chi connectivity index (χ0v) is 16.1. The molecule has 6 nitrogen and oxygen atoms in total. The van der Waals surface area contributed by atoms with E-state index in [9.17, 15) is 9.59 Å². The second-order valence-electron chi connectivity index (χ2n) is 7.02.